The molecule has 0 atom stereocenters. The minimum Gasteiger partial charge on any atom is -0.474 e. The summed E-state index contributed by atoms with van der Waals surface area (Å²) in [6.45, 7) is 1.30. The Morgan fingerprint density at radius 2 is 1.98 bits per heavy atom. The van der Waals surface area contributed by atoms with Crippen molar-refractivity contribution in [2.45, 2.75) is 56.0 Å². The standard InChI is InChI=1S/C28H29F3N10O2/c1-39(2)25(42)21-11-22(38-26(37-21)28(29,30)31)43-19-5-3-18(4-6-19)40-14-27(15-40,8-9-32)41-13-17(12-36-41)23-20-7-10-33-24(20)35-16-34-23/h7,10-13,16,18-19H,3-6,8,14-15H2,1-2H3,(H,33,34,35). The van der Waals surface area contributed by atoms with Gasteiger partial charge < -0.3 is 14.6 Å². The van der Waals surface area contributed by atoms with Gasteiger partial charge in [0.1, 0.15) is 29.3 Å². The molecule has 43 heavy (non-hydrogen) atoms. The van der Waals surface area contributed by atoms with E-state index in [9.17, 15) is 23.2 Å². The molecule has 0 aromatic carbocycles. The Morgan fingerprint density at radius 1 is 1.21 bits per heavy atom. The summed E-state index contributed by atoms with van der Waals surface area (Å²) in [4.78, 5) is 34.5. The van der Waals surface area contributed by atoms with Crippen molar-refractivity contribution in [2.75, 3.05) is 27.2 Å². The van der Waals surface area contributed by atoms with Gasteiger partial charge in [0, 0.05) is 62.6 Å². The highest BCUT2D eigenvalue weighted by atomic mass is 19.4. The lowest BCUT2D eigenvalue weighted by molar-refractivity contribution is -0.145. The van der Waals surface area contributed by atoms with Crippen LogP contribution in [0.4, 0.5) is 13.2 Å². The Labute approximate surface area is 244 Å². The van der Waals surface area contributed by atoms with Gasteiger partial charge in [-0.3, -0.25) is 14.4 Å². The van der Waals surface area contributed by atoms with E-state index < -0.39 is 23.4 Å². The van der Waals surface area contributed by atoms with Crippen LogP contribution in [0.2, 0.25) is 0 Å². The maximum absolute atomic E-state index is 13.4. The topological polar surface area (TPSA) is 142 Å². The van der Waals surface area contributed by atoms with Gasteiger partial charge in [-0.2, -0.15) is 28.5 Å². The lowest BCUT2D eigenvalue weighted by atomic mass is 9.82. The summed E-state index contributed by atoms with van der Waals surface area (Å²) >= 11 is 0. The molecule has 1 aliphatic heterocycles. The van der Waals surface area contributed by atoms with Crippen molar-refractivity contribution in [2.24, 2.45) is 0 Å². The van der Waals surface area contributed by atoms with Gasteiger partial charge in [-0.05, 0) is 31.7 Å². The van der Waals surface area contributed by atoms with Crippen molar-refractivity contribution in [3.8, 4) is 23.2 Å². The van der Waals surface area contributed by atoms with Crippen LogP contribution in [0.15, 0.2) is 37.1 Å². The van der Waals surface area contributed by atoms with Crippen LogP contribution in [0.3, 0.4) is 0 Å². The monoisotopic (exact) mass is 594 g/mol. The van der Waals surface area contributed by atoms with Crippen LogP contribution in [0.5, 0.6) is 5.88 Å². The normalized spacial score (nSPS) is 20.4. The van der Waals surface area contributed by atoms with Crippen LogP contribution >= 0.6 is 0 Å². The van der Waals surface area contributed by atoms with Crippen LogP contribution in [0.1, 0.15) is 48.4 Å². The highest BCUT2D eigenvalue weighted by molar-refractivity contribution is 5.92. The molecule has 4 aromatic heterocycles. The number of ether oxygens (including phenoxy) is 1. The molecule has 15 heteroatoms. The minimum atomic E-state index is -4.82. The van der Waals surface area contributed by atoms with Crippen LogP contribution in [-0.2, 0) is 11.7 Å². The predicted octanol–water partition coefficient (Wildman–Crippen LogP) is 3.65. The number of carbonyl (C=O) groups is 1. The van der Waals surface area contributed by atoms with Gasteiger partial charge in [-0.25, -0.2) is 15.0 Å². The second-order valence-corrected chi connectivity index (χ2v) is 11.3. The molecule has 1 amide bonds. The van der Waals surface area contributed by atoms with Crippen LogP contribution < -0.4 is 4.74 Å². The average molecular weight is 595 g/mol. The Kier molecular flexibility index (Phi) is 7.25. The third kappa shape index (κ3) is 5.50. The summed E-state index contributed by atoms with van der Waals surface area (Å²) in [5.41, 5.74) is 1.51. The second-order valence-electron chi connectivity index (χ2n) is 11.3. The number of carbonyl (C=O) groups excluding carboxylic acids is 1. The highest BCUT2D eigenvalue weighted by Gasteiger charge is 2.48. The number of aromatic amines is 1. The van der Waals surface area contributed by atoms with E-state index in [1.807, 2.05) is 23.1 Å². The molecule has 2 aliphatic rings. The number of nitriles is 1. The number of nitrogens with one attached hydrogen (secondary N) is 1. The molecule has 224 valence electrons. The van der Waals surface area contributed by atoms with Crippen molar-refractivity contribution >= 4 is 16.9 Å². The van der Waals surface area contributed by atoms with Gasteiger partial charge >= 0.3 is 6.18 Å². The third-order valence-corrected chi connectivity index (χ3v) is 8.13. The van der Waals surface area contributed by atoms with Gasteiger partial charge in [0.05, 0.1) is 24.4 Å². The van der Waals surface area contributed by atoms with E-state index in [0.29, 0.717) is 32.4 Å². The lowest BCUT2D eigenvalue weighted by Crippen LogP contribution is -2.65. The molecule has 1 aliphatic carbocycles. The molecule has 1 saturated carbocycles. The number of rotatable bonds is 7. The molecular formula is C28H29F3N10O2. The van der Waals surface area contributed by atoms with Crippen LogP contribution in [-0.4, -0.2) is 89.7 Å². The van der Waals surface area contributed by atoms with Crippen LogP contribution in [0.25, 0.3) is 22.3 Å². The number of halogens is 3. The predicted molar refractivity (Wildman–Crippen MR) is 147 cm³/mol. The van der Waals surface area contributed by atoms with E-state index in [2.05, 4.69) is 41.0 Å². The zero-order valence-corrected chi connectivity index (χ0v) is 23.5. The van der Waals surface area contributed by atoms with Crippen molar-refractivity contribution in [1.29, 1.82) is 5.26 Å². The first-order chi connectivity index (χ1) is 20.6. The number of H-pyrrole nitrogens is 1. The van der Waals surface area contributed by atoms with Crippen molar-refractivity contribution in [1.82, 2.24) is 44.5 Å². The summed E-state index contributed by atoms with van der Waals surface area (Å²) < 4.78 is 47.9. The number of hydrogen-bond acceptors (Lipinski definition) is 9. The molecule has 6 rings (SSSR count). The van der Waals surface area contributed by atoms with E-state index in [-0.39, 0.29) is 23.7 Å². The number of alkyl halides is 3. The quantitative estimate of drug-likeness (QED) is 0.339. The molecule has 1 saturated heterocycles. The molecule has 0 radical (unpaired) electrons. The maximum Gasteiger partial charge on any atom is 0.451 e. The summed E-state index contributed by atoms with van der Waals surface area (Å²) in [6.07, 6.45) is 4.91. The summed E-state index contributed by atoms with van der Waals surface area (Å²) in [5, 5.41) is 15.1. The first-order valence-electron chi connectivity index (χ1n) is 13.9. The number of amides is 1. The van der Waals surface area contributed by atoms with Gasteiger partial charge in [-0.15, -0.1) is 0 Å². The molecule has 12 nitrogen and oxygen atoms in total. The number of hydrogen-bond donors (Lipinski definition) is 1. The fraction of sp³-hybridized carbons (Fsp3) is 0.464. The highest BCUT2D eigenvalue weighted by Crippen LogP contribution is 2.39. The average Bonchev–Trinajstić information content (AvgIpc) is 3.65. The molecule has 4 aromatic rings. The van der Waals surface area contributed by atoms with Crippen molar-refractivity contribution in [3.05, 3.63) is 48.6 Å². The maximum atomic E-state index is 13.4. The largest absolute Gasteiger partial charge is 0.474 e. The Bertz CT molecular complexity index is 1680. The molecule has 2 fully saturated rings. The minimum absolute atomic E-state index is 0.241. The Hall–Kier alpha value is -4.58. The number of fused-ring (bicyclic) bond motifs is 1. The van der Waals surface area contributed by atoms with Gasteiger partial charge in [-0.1, -0.05) is 0 Å². The van der Waals surface area contributed by atoms with Gasteiger partial charge in [0.2, 0.25) is 11.7 Å². The Morgan fingerprint density at radius 3 is 2.67 bits per heavy atom. The van der Waals surface area contributed by atoms with Gasteiger partial charge in [0.15, 0.2) is 0 Å². The first kappa shape index (κ1) is 28.5. The summed E-state index contributed by atoms with van der Waals surface area (Å²) in [6, 6.07) is 5.64. The first-order valence-corrected chi connectivity index (χ1v) is 13.9. The van der Waals surface area contributed by atoms with E-state index in [0.717, 1.165) is 46.1 Å². The molecule has 5 heterocycles. The van der Waals surface area contributed by atoms with Crippen molar-refractivity contribution in [3.63, 3.8) is 0 Å². The number of likely N-dealkylation sites (tertiary alicyclic amines) is 1. The molecular weight excluding hydrogens is 565 g/mol. The molecule has 0 unspecified atom stereocenters. The van der Waals surface area contributed by atoms with E-state index in [1.54, 1.807) is 6.20 Å². The summed E-state index contributed by atoms with van der Waals surface area (Å²) in [7, 11) is 2.87. The SMILES string of the molecule is CN(C)C(=O)c1cc(OC2CCC(N3CC(CC#N)(n4cc(-c5ncnc6[nH]ccc56)cn4)C3)CC2)nc(C(F)(F)F)n1. The van der Waals surface area contributed by atoms with E-state index >= 15 is 0 Å². The third-order valence-electron chi connectivity index (χ3n) is 8.13. The molecule has 1 N–H and O–H groups in total. The number of aromatic nitrogens is 7. The lowest BCUT2D eigenvalue weighted by Gasteiger charge is -2.53. The zero-order chi connectivity index (χ0) is 30.4. The smallest absolute Gasteiger partial charge is 0.451 e. The molecule has 0 bridgehead atoms. The fourth-order valence-electron chi connectivity index (χ4n) is 5.91. The van der Waals surface area contributed by atoms with E-state index in [4.69, 9.17) is 4.74 Å². The van der Waals surface area contributed by atoms with Gasteiger partial charge in [0.25, 0.3) is 5.91 Å². The fourth-order valence-corrected chi connectivity index (χ4v) is 5.91. The molecule has 0 spiro atoms. The second kappa shape index (κ2) is 10.9. The van der Waals surface area contributed by atoms with Crippen LogP contribution in [0, 0.1) is 11.3 Å². The summed E-state index contributed by atoms with van der Waals surface area (Å²) in [5.74, 6) is -2.33. The van der Waals surface area contributed by atoms with Crippen molar-refractivity contribution < 1.29 is 22.7 Å². The zero-order valence-electron chi connectivity index (χ0n) is 23.5. The Balaban J connectivity index is 1.10. The number of nitrogens with zero attached hydrogens (tertiary/aromatic N) is 9. The van der Waals surface area contributed by atoms with E-state index in [1.165, 1.54) is 20.4 Å².